The van der Waals surface area contributed by atoms with E-state index in [9.17, 15) is 14.4 Å². The number of methoxy groups -OCH3 is 1. The number of fused-ring (bicyclic) bond motifs is 3. The highest BCUT2D eigenvalue weighted by molar-refractivity contribution is 7.15. The first-order chi connectivity index (χ1) is 23.1. The molecule has 1 atom stereocenters. The molecule has 246 valence electrons. The summed E-state index contributed by atoms with van der Waals surface area (Å²) in [5, 5.41) is 16.1. The number of aryl methyl sites for hydroxylation is 2. The van der Waals surface area contributed by atoms with Crippen LogP contribution in [-0.2, 0) is 9.53 Å². The molecule has 0 saturated heterocycles. The summed E-state index contributed by atoms with van der Waals surface area (Å²) < 4.78 is 6.79. The fraction of sp³-hybridized carbons (Fsp3) is 0.257. The van der Waals surface area contributed by atoms with Crippen LogP contribution in [0.4, 0.5) is 0 Å². The van der Waals surface area contributed by atoms with Crippen LogP contribution in [0.25, 0.3) is 5.00 Å². The van der Waals surface area contributed by atoms with Crippen molar-refractivity contribution in [3.63, 3.8) is 0 Å². The Morgan fingerprint density at radius 3 is 2.50 bits per heavy atom. The molecule has 0 spiro atoms. The molecule has 1 aliphatic heterocycles. The number of halogens is 1. The van der Waals surface area contributed by atoms with Gasteiger partial charge in [0.15, 0.2) is 5.82 Å². The average molecular weight is 684 g/mol. The molecule has 0 bridgehead atoms. The SMILES string of the molecule is COC(=O)c1ccc(C(=O)NC/C=C\CNC(=O)C[C@@H]2N=C(c3ccc(Cl)cc3)c3c(sc(C)c3C)-n3c(C)nnc32)cc1C#CCN. The third kappa shape index (κ3) is 7.39. The van der Waals surface area contributed by atoms with Crippen molar-refractivity contribution < 1.29 is 19.1 Å². The highest BCUT2D eigenvalue weighted by Crippen LogP contribution is 2.39. The molecule has 0 radical (unpaired) electrons. The maximum Gasteiger partial charge on any atom is 0.339 e. The van der Waals surface area contributed by atoms with Crippen molar-refractivity contribution in [3.8, 4) is 16.8 Å². The summed E-state index contributed by atoms with van der Waals surface area (Å²) in [5.41, 5.74) is 10.2. The third-order valence-electron chi connectivity index (χ3n) is 7.71. The molecular formula is C35H34ClN7O4S. The molecule has 2 aromatic carbocycles. The smallest absolute Gasteiger partial charge is 0.339 e. The quantitative estimate of drug-likeness (QED) is 0.134. The number of aliphatic imine (C=N–C) groups is 1. The largest absolute Gasteiger partial charge is 0.465 e. The number of carbonyl (C=O) groups is 3. The second-order valence-corrected chi connectivity index (χ2v) is 12.5. The third-order valence-corrected chi connectivity index (χ3v) is 9.16. The van der Waals surface area contributed by atoms with Gasteiger partial charge in [0.05, 0.1) is 31.4 Å². The van der Waals surface area contributed by atoms with Crippen LogP contribution in [0.2, 0.25) is 5.02 Å². The van der Waals surface area contributed by atoms with Crippen LogP contribution in [0.15, 0.2) is 59.6 Å². The van der Waals surface area contributed by atoms with Crippen molar-refractivity contribution >= 4 is 46.4 Å². The zero-order valence-corrected chi connectivity index (χ0v) is 28.5. The van der Waals surface area contributed by atoms with Gasteiger partial charge in [-0.25, -0.2) is 4.79 Å². The van der Waals surface area contributed by atoms with Crippen LogP contribution < -0.4 is 16.4 Å². The van der Waals surface area contributed by atoms with Gasteiger partial charge in [0, 0.05) is 45.2 Å². The van der Waals surface area contributed by atoms with Gasteiger partial charge in [-0.2, -0.15) is 0 Å². The van der Waals surface area contributed by atoms with E-state index in [4.69, 9.17) is 27.1 Å². The van der Waals surface area contributed by atoms with Crippen molar-refractivity contribution in [1.29, 1.82) is 0 Å². The van der Waals surface area contributed by atoms with E-state index in [1.165, 1.54) is 25.3 Å². The van der Waals surface area contributed by atoms with Gasteiger partial charge in [-0.1, -0.05) is 47.7 Å². The lowest BCUT2D eigenvalue weighted by molar-refractivity contribution is -0.121. The summed E-state index contributed by atoms with van der Waals surface area (Å²) in [7, 11) is 1.27. The van der Waals surface area contributed by atoms with E-state index in [1.807, 2.05) is 35.8 Å². The van der Waals surface area contributed by atoms with Crippen LogP contribution in [0.5, 0.6) is 0 Å². The summed E-state index contributed by atoms with van der Waals surface area (Å²) in [6.07, 6.45) is 3.55. The number of amides is 2. The summed E-state index contributed by atoms with van der Waals surface area (Å²) in [6.45, 7) is 6.62. The molecule has 0 fully saturated rings. The van der Waals surface area contributed by atoms with Gasteiger partial charge in [-0.3, -0.25) is 19.1 Å². The van der Waals surface area contributed by atoms with E-state index in [-0.39, 0.29) is 43.4 Å². The number of nitrogens with two attached hydrogens (primary N) is 1. The summed E-state index contributed by atoms with van der Waals surface area (Å²) in [5.74, 6) is 5.70. The topological polar surface area (TPSA) is 154 Å². The van der Waals surface area contributed by atoms with Gasteiger partial charge in [-0.05, 0) is 56.7 Å². The fourth-order valence-electron chi connectivity index (χ4n) is 5.20. The summed E-state index contributed by atoms with van der Waals surface area (Å²) in [6, 6.07) is 11.5. The molecule has 11 nitrogen and oxygen atoms in total. The minimum Gasteiger partial charge on any atom is -0.465 e. The molecule has 0 aliphatic carbocycles. The molecule has 1 aliphatic rings. The molecular weight excluding hydrogens is 650 g/mol. The number of rotatable bonds is 9. The van der Waals surface area contributed by atoms with Crippen molar-refractivity contribution in [3.05, 3.63) is 110 Å². The number of ether oxygens (including phenoxy) is 1. The molecule has 2 amide bonds. The number of thiophene rings is 1. The van der Waals surface area contributed by atoms with Gasteiger partial charge in [0.1, 0.15) is 16.9 Å². The summed E-state index contributed by atoms with van der Waals surface area (Å²) >= 11 is 7.84. The molecule has 3 heterocycles. The van der Waals surface area contributed by atoms with Crippen LogP contribution in [-0.4, -0.2) is 65.0 Å². The first-order valence-electron chi connectivity index (χ1n) is 15.1. The molecule has 5 rings (SSSR count). The molecule has 2 aromatic heterocycles. The van der Waals surface area contributed by atoms with E-state index in [1.54, 1.807) is 23.5 Å². The Morgan fingerprint density at radius 1 is 1.06 bits per heavy atom. The maximum atomic E-state index is 13.2. The van der Waals surface area contributed by atoms with Gasteiger partial charge < -0.3 is 21.1 Å². The van der Waals surface area contributed by atoms with Gasteiger partial charge in [0.25, 0.3) is 5.91 Å². The number of benzene rings is 2. The van der Waals surface area contributed by atoms with Crippen molar-refractivity contribution in [2.24, 2.45) is 10.7 Å². The maximum absolute atomic E-state index is 13.2. The first kappa shape index (κ1) is 34.3. The second kappa shape index (κ2) is 15.2. The number of carbonyl (C=O) groups excluding carboxylic acids is 3. The Morgan fingerprint density at radius 2 is 1.79 bits per heavy atom. The summed E-state index contributed by atoms with van der Waals surface area (Å²) in [4.78, 5) is 44.2. The van der Waals surface area contributed by atoms with E-state index < -0.39 is 12.0 Å². The first-order valence-corrected chi connectivity index (χ1v) is 16.3. The number of hydrogen-bond acceptors (Lipinski definition) is 9. The van der Waals surface area contributed by atoms with Crippen molar-refractivity contribution in [1.82, 2.24) is 25.4 Å². The Kier molecular flexibility index (Phi) is 10.9. The zero-order valence-electron chi connectivity index (χ0n) is 26.9. The van der Waals surface area contributed by atoms with E-state index in [0.29, 0.717) is 22.0 Å². The monoisotopic (exact) mass is 683 g/mol. The number of nitrogens with one attached hydrogen (secondary N) is 2. The average Bonchev–Trinajstić information content (AvgIpc) is 3.56. The predicted molar refractivity (Wildman–Crippen MR) is 186 cm³/mol. The Labute approximate surface area is 287 Å². The van der Waals surface area contributed by atoms with Crippen LogP contribution in [0.3, 0.4) is 0 Å². The van der Waals surface area contributed by atoms with E-state index >= 15 is 0 Å². The van der Waals surface area contributed by atoms with E-state index in [2.05, 4.69) is 46.5 Å². The number of hydrogen-bond donors (Lipinski definition) is 3. The van der Waals surface area contributed by atoms with Crippen molar-refractivity contribution in [2.75, 3.05) is 26.7 Å². The van der Waals surface area contributed by atoms with Crippen molar-refractivity contribution in [2.45, 2.75) is 33.2 Å². The zero-order chi connectivity index (χ0) is 34.4. The van der Waals surface area contributed by atoms with Crippen LogP contribution in [0, 0.1) is 32.6 Å². The highest BCUT2D eigenvalue weighted by atomic mass is 35.5. The highest BCUT2D eigenvalue weighted by Gasteiger charge is 2.32. The second-order valence-electron chi connectivity index (χ2n) is 10.9. The molecule has 0 unspecified atom stereocenters. The Bertz CT molecular complexity index is 2000. The fourth-order valence-corrected chi connectivity index (χ4v) is 6.54. The lowest BCUT2D eigenvalue weighted by atomic mass is 9.99. The lowest BCUT2D eigenvalue weighted by Crippen LogP contribution is -2.26. The van der Waals surface area contributed by atoms with E-state index in [0.717, 1.165) is 38.1 Å². The number of aromatic nitrogens is 3. The minimum absolute atomic E-state index is 0.0592. The van der Waals surface area contributed by atoms with Crippen LogP contribution >= 0.6 is 22.9 Å². The number of esters is 1. The number of nitrogens with zero attached hydrogens (tertiary/aromatic N) is 4. The van der Waals surface area contributed by atoms with Gasteiger partial charge in [0.2, 0.25) is 5.91 Å². The molecule has 13 heteroatoms. The molecule has 4 aromatic rings. The standard InChI is InChI=1S/C35H34ClN7O4S/c1-20-21(2)48-34-30(20)31(23-9-12-26(36)13-10-23)40-28(32-42-41-22(3)43(32)34)19-29(44)38-16-5-6-17-39-33(45)25-11-14-27(35(46)47-4)24(18-25)8-7-15-37/h5-6,9-14,18,28H,15-17,19,37H2,1-4H3,(H,38,44)(H,39,45)/b6-5-/t28-/m0/s1. The Hall–Kier alpha value is -5.09. The molecule has 0 saturated carbocycles. The van der Waals surface area contributed by atoms with Crippen LogP contribution in [0.1, 0.15) is 72.0 Å². The van der Waals surface area contributed by atoms with Gasteiger partial charge >= 0.3 is 5.97 Å². The predicted octanol–water partition coefficient (Wildman–Crippen LogP) is 4.39. The minimum atomic E-state index is -0.579. The normalized spacial score (nSPS) is 13.5. The molecule has 4 N–H and O–H groups in total. The lowest BCUT2D eigenvalue weighted by Gasteiger charge is -2.12. The molecule has 48 heavy (non-hydrogen) atoms. The van der Waals surface area contributed by atoms with Gasteiger partial charge in [-0.15, -0.1) is 21.5 Å². The Balaban J connectivity index is 1.24.